The van der Waals surface area contributed by atoms with E-state index in [4.69, 9.17) is 9.72 Å². The van der Waals surface area contributed by atoms with Gasteiger partial charge in [-0.1, -0.05) is 0 Å². The van der Waals surface area contributed by atoms with E-state index in [9.17, 15) is 0 Å². The Bertz CT molecular complexity index is 480. The van der Waals surface area contributed by atoms with Gasteiger partial charge in [-0.25, -0.2) is 9.97 Å². The minimum atomic E-state index is 0.188. The van der Waals surface area contributed by atoms with Gasteiger partial charge in [-0.05, 0) is 71.9 Å². The fourth-order valence-electron chi connectivity index (χ4n) is 2.80. The second-order valence-electron chi connectivity index (χ2n) is 7.03. The summed E-state index contributed by atoms with van der Waals surface area (Å²) in [6.07, 6.45) is 3.37. The SMILES string of the molecule is CCOCc1nc(C)c2c(n1)CCC(CNC(C)(C)C)C2. The van der Waals surface area contributed by atoms with E-state index in [0.717, 1.165) is 30.9 Å². The van der Waals surface area contributed by atoms with Gasteiger partial charge in [-0.3, -0.25) is 0 Å². The zero-order chi connectivity index (χ0) is 15.5. The molecular weight excluding hydrogens is 262 g/mol. The van der Waals surface area contributed by atoms with Gasteiger partial charge < -0.3 is 10.1 Å². The number of nitrogens with one attached hydrogen (secondary N) is 1. The molecular formula is C17H29N3O. The first-order valence-corrected chi connectivity index (χ1v) is 8.07. The normalized spacial score (nSPS) is 18.6. The highest BCUT2D eigenvalue weighted by molar-refractivity contribution is 5.28. The molecule has 0 bridgehead atoms. The van der Waals surface area contributed by atoms with Crippen LogP contribution in [0.2, 0.25) is 0 Å². The average Bonchev–Trinajstić information content (AvgIpc) is 2.42. The van der Waals surface area contributed by atoms with Crippen LogP contribution in [0.15, 0.2) is 0 Å². The fraction of sp³-hybridized carbons (Fsp3) is 0.765. The lowest BCUT2D eigenvalue weighted by atomic mass is 9.85. The maximum absolute atomic E-state index is 5.43. The number of ether oxygens (including phenoxy) is 1. The number of nitrogens with zero attached hydrogens (tertiary/aromatic N) is 2. The molecule has 4 nitrogen and oxygen atoms in total. The summed E-state index contributed by atoms with van der Waals surface area (Å²) in [5.74, 6) is 1.52. The number of aromatic nitrogens is 2. The van der Waals surface area contributed by atoms with Gasteiger partial charge in [-0.2, -0.15) is 0 Å². The molecule has 0 fully saturated rings. The smallest absolute Gasteiger partial charge is 0.154 e. The monoisotopic (exact) mass is 291 g/mol. The van der Waals surface area contributed by atoms with Crippen LogP contribution in [0.1, 0.15) is 56.9 Å². The molecule has 0 spiro atoms. The summed E-state index contributed by atoms with van der Waals surface area (Å²) in [5.41, 5.74) is 3.93. The molecule has 2 rings (SSSR count). The van der Waals surface area contributed by atoms with Crippen molar-refractivity contribution in [3.63, 3.8) is 0 Å². The van der Waals surface area contributed by atoms with E-state index in [1.807, 2.05) is 6.92 Å². The Morgan fingerprint density at radius 2 is 2.05 bits per heavy atom. The van der Waals surface area contributed by atoms with E-state index in [2.05, 4.69) is 38.0 Å². The summed E-state index contributed by atoms with van der Waals surface area (Å²) in [6.45, 7) is 13.1. The summed E-state index contributed by atoms with van der Waals surface area (Å²) in [4.78, 5) is 9.31. The molecule has 0 saturated heterocycles. The van der Waals surface area contributed by atoms with Crippen molar-refractivity contribution in [1.29, 1.82) is 0 Å². The van der Waals surface area contributed by atoms with Gasteiger partial charge in [0.1, 0.15) is 6.61 Å². The summed E-state index contributed by atoms with van der Waals surface area (Å²) < 4.78 is 5.43. The molecule has 1 unspecified atom stereocenters. The molecule has 21 heavy (non-hydrogen) atoms. The average molecular weight is 291 g/mol. The largest absolute Gasteiger partial charge is 0.374 e. The van der Waals surface area contributed by atoms with Crippen molar-refractivity contribution in [2.75, 3.05) is 13.2 Å². The lowest BCUT2D eigenvalue weighted by Crippen LogP contribution is -2.40. The maximum Gasteiger partial charge on any atom is 0.154 e. The van der Waals surface area contributed by atoms with Crippen LogP contribution < -0.4 is 5.32 Å². The van der Waals surface area contributed by atoms with Crippen LogP contribution in [-0.4, -0.2) is 28.7 Å². The predicted octanol–water partition coefficient (Wildman–Crippen LogP) is 2.81. The Morgan fingerprint density at radius 1 is 1.29 bits per heavy atom. The van der Waals surface area contributed by atoms with Crippen molar-refractivity contribution in [2.45, 2.75) is 66.0 Å². The van der Waals surface area contributed by atoms with Crippen molar-refractivity contribution >= 4 is 0 Å². The third kappa shape index (κ3) is 4.75. The second kappa shape index (κ2) is 6.84. The molecule has 1 aliphatic rings. The molecule has 1 atom stereocenters. The molecule has 0 amide bonds. The molecule has 118 valence electrons. The van der Waals surface area contributed by atoms with Gasteiger partial charge >= 0.3 is 0 Å². The van der Waals surface area contributed by atoms with Crippen molar-refractivity contribution in [3.8, 4) is 0 Å². The van der Waals surface area contributed by atoms with Crippen LogP contribution in [0.25, 0.3) is 0 Å². The van der Waals surface area contributed by atoms with E-state index in [1.54, 1.807) is 0 Å². The third-order valence-electron chi connectivity index (χ3n) is 3.98. The molecule has 1 aromatic rings. The van der Waals surface area contributed by atoms with E-state index in [1.165, 1.54) is 17.7 Å². The molecule has 0 radical (unpaired) electrons. The third-order valence-corrected chi connectivity index (χ3v) is 3.98. The highest BCUT2D eigenvalue weighted by atomic mass is 16.5. The summed E-state index contributed by atoms with van der Waals surface area (Å²) in [6, 6.07) is 0. The molecule has 4 heteroatoms. The van der Waals surface area contributed by atoms with Crippen LogP contribution in [-0.2, 0) is 24.2 Å². The highest BCUT2D eigenvalue weighted by Crippen LogP contribution is 2.26. The number of rotatable bonds is 5. The van der Waals surface area contributed by atoms with E-state index in [-0.39, 0.29) is 5.54 Å². The van der Waals surface area contributed by atoms with E-state index < -0.39 is 0 Å². The molecule has 1 N–H and O–H groups in total. The van der Waals surface area contributed by atoms with Crippen molar-refractivity contribution in [2.24, 2.45) is 5.92 Å². The van der Waals surface area contributed by atoms with E-state index >= 15 is 0 Å². The molecule has 0 aromatic carbocycles. The van der Waals surface area contributed by atoms with Gasteiger partial charge in [0.05, 0.1) is 0 Å². The lowest BCUT2D eigenvalue weighted by Gasteiger charge is -2.29. The summed E-state index contributed by atoms with van der Waals surface area (Å²) >= 11 is 0. The Kier molecular flexibility index (Phi) is 5.33. The molecule has 1 heterocycles. The second-order valence-corrected chi connectivity index (χ2v) is 7.03. The number of hydrogen-bond acceptors (Lipinski definition) is 4. The van der Waals surface area contributed by atoms with Crippen LogP contribution in [0.4, 0.5) is 0 Å². The van der Waals surface area contributed by atoms with Crippen molar-refractivity contribution < 1.29 is 4.74 Å². The zero-order valence-corrected chi connectivity index (χ0v) is 14.1. The highest BCUT2D eigenvalue weighted by Gasteiger charge is 2.23. The number of aryl methyl sites for hydroxylation is 2. The van der Waals surface area contributed by atoms with Crippen LogP contribution in [0.3, 0.4) is 0 Å². The standard InChI is InChI=1S/C17H29N3O/c1-6-21-11-16-19-12(2)14-9-13(7-8-15(14)20-16)10-18-17(3,4)5/h13,18H,6-11H2,1-5H3. The van der Waals surface area contributed by atoms with E-state index in [0.29, 0.717) is 19.1 Å². The Morgan fingerprint density at radius 3 is 2.71 bits per heavy atom. The zero-order valence-electron chi connectivity index (χ0n) is 14.1. The Labute approximate surface area is 128 Å². The minimum Gasteiger partial charge on any atom is -0.374 e. The van der Waals surface area contributed by atoms with Crippen LogP contribution in [0.5, 0.6) is 0 Å². The number of fused-ring (bicyclic) bond motifs is 1. The molecule has 1 aromatic heterocycles. The maximum atomic E-state index is 5.43. The molecule has 0 aliphatic heterocycles. The van der Waals surface area contributed by atoms with Gasteiger partial charge in [0.2, 0.25) is 0 Å². The van der Waals surface area contributed by atoms with Crippen molar-refractivity contribution in [3.05, 3.63) is 22.8 Å². The summed E-state index contributed by atoms with van der Waals surface area (Å²) in [7, 11) is 0. The first-order chi connectivity index (χ1) is 9.89. The van der Waals surface area contributed by atoms with Crippen LogP contribution >= 0.6 is 0 Å². The fourth-order valence-corrected chi connectivity index (χ4v) is 2.80. The predicted molar refractivity (Wildman–Crippen MR) is 85.4 cm³/mol. The van der Waals surface area contributed by atoms with Gasteiger partial charge in [-0.15, -0.1) is 0 Å². The minimum absolute atomic E-state index is 0.188. The molecule has 1 aliphatic carbocycles. The Hall–Kier alpha value is -1.00. The van der Waals surface area contributed by atoms with Gasteiger partial charge in [0.25, 0.3) is 0 Å². The first-order valence-electron chi connectivity index (χ1n) is 8.07. The Balaban J connectivity index is 2.04. The number of hydrogen-bond donors (Lipinski definition) is 1. The van der Waals surface area contributed by atoms with Gasteiger partial charge in [0, 0.05) is 23.5 Å². The quantitative estimate of drug-likeness (QED) is 0.906. The van der Waals surface area contributed by atoms with Crippen molar-refractivity contribution in [1.82, 2.24) is 15.3 Å². The molecule has 0 saturated carbocycles. The summed E-state index contributed by atoms with van der Waals surface area (Å²) in [5, 5.41) is 3.62. The van der Waals surface area contributed by atoms with Gasteiger partial charge in [0.15, 0.2) is 5.82 Å². The lowest BCUT2D eigenvalue weighted by molar-refractivity contribution is 0.128. The van der Waals surface area contributed by atoms with Crippen LogP contribution in [0, 0.1) is 12.8 Å². The first kappa shape index (κ1) is 16.4. The topological polar surface area (TPSA) is 47.0 Å².